The number of carbonyl (C=O) groups is 1. The van der Waals surface area contributed by atoms with Crippen molar-refractivity contribution in [2.24, 2.45) is 0 Å². The lowest BCUT2D eigenvalue weighted by Crippen LogP contribution is -2.35. The predicted molar refractivity (Wildman–Crippen MR) is 121 cm³/mol. The second kappa shape index (κ2) is 9.63. The van der Waals surface area contributed by atoms with E-state index in [1.54, 1.807) is 62.4 Å². The van der Waals surface area contributed by atoms with Gasteiger partial charge in [-0.1, -0.05) is 42.8 Å². The van der Waals surface area contributed by atoms with Crippen molar-refractivity contribution >= 4 is 25.6 Å². The monoisotopic (exact) mass is 463 g/mol. The van der Waals surface area contributed by atoms with Gasteiger partial charge >= 0.3 is 0 Å². The lowest BCUT2D eigenvalue weighted by atomic mass is 10.0. The summed E-state index contributed by atoms with van der Waals surface area (Å²) >= 11 is 0. The molecule has 8 heteroatoms. The van der Waals surface area contributed by atoms with Gasteiger partial charge in [0.2, 0.25) is 10.0 Å². The van der Waals surface area contributed by atoms with Crippen LogP contribution >= 0.6 is 0 Å². The molecule has 1 aliphatic heterocycles. The molecule has 1 heterocycles. The lowest BCUT2D eigenvalue weighted by Gasteiger charge is -2.26. The van der Waals surface area contributed by atoms with E-state index in [0.29, 0.717) is 29.8 Å². The zero-order chi connectivity index (χ0) is 22.6. The second-order valence-electron chi connectivity index (χ2n) is 8.26. The molecule has 1 aliphatic rings. The summed E-state index contributed by atoms with van der Waals surface area (Å²) in [6.45, 7) is 4.36. The molecule has 0 atom stereocenters. The Balaban J connectivity index is 1.71. The summed E-state index contributed by atoms with van der Waals surface area (Å²) in [6, 6.07) is 13.1. The van der Waals surface area contributed by atoms with Crippen molar-refractivity contribution in [2.75, 3.05) is 13.1 Å². The zero-order valence-electron chi connectivity index (χ0n) is 18.0. The summed E-state index contributed by atoms with van der Waals surface area (Å²) in [7, 11) is -6.76. The van der Waals surface area contributed by atoms with Crippen LogP contribution in [-0.4, -0.2) is 45.3 Å². The van der Waals surface area contributed by atoms with E-state index in [1.807, 2.05) is 0 Å². The highest BCUT2D eigenvalue weighted by atomic mass is 32.2. The van der Waals surface area contributed by atoms with Gasteiger partial charge in [-0.15, -0.1) is 0 Å². The molecular formula is C23H29NO5S2. The lowest BCUT2D eigenvalue weighted by molar-refractivity contribution is 0.0993. The van der Waals surface area contributed by atoms with Gasteiger partial charge in [0.25, 0.3) is 0 Å². The van der Waals surface area contributed by atoms with E-state index in [0.717, 1.165) is 19.3 Å². The average molecular weight is 464 g/mol. The standard InChI is InChI=1S/C23H29NO5S2/c1-18(2)30(26,27)17-19-9-11-21(12-10-19)23(25)16-20-7-6-8-22(15-20)31(28,29)24-13-4-3-5-14-24/h6-12,15,18H,3-5,13-14,16-17H2,1-2H3. The minimum absolute atomic E-state index is 0.0600. The van der Waals surface area contributed by atoms with Crippen LogP contribution in [0.25, 0.3) is 0 Å². The molecule has 3 rings (SSSR count). The molecule has 2 aromatic rings. The van der Waals surface area contributed by atoms with Gasteiger partial charge in [0.1, 0.15) is 0 Å². The maximum Gasteiger partial charge on any atom is 0.243 e. The third kappa shape index (κ3) is 5.81. The van der Waals surface area contributed by atoms with Gasteiger partial charge in [0.15, 0.2) is 15.6 Å². The molecule has 1 fully saturated rings. The Kier molecular flexibility index (Phi) is 7.34. The topological polar surface area (TPSA) is 88.6 Å². The molecule has 31 heavy (non-hydrogen) atoms. The number of carbonyl (C=O) groups excluding carboxylic acids is 1. The van der Waals surface area contributed by atoms with Crippen LogP contribution in [0.3, 0.4) is 0 Å². The van der Waals surface area contributed by atoms with Gasteiger partial charge < -0.3 is 0 Å². The highest BCUT2D eigenvalue weighted by Gasteiger charge is 2.26. The average Bonchev–Trinajstić information content (AvgIpc) is 2.74. The third-order valence-corrected chi connectivity index (χ3v) is 9.64. The Morgan fingerprint density at radius 3 is 2.16 bits per heavy atom. The van der Waals surface area contributed by atoms with E-state index in [2.05, 4.69) is 0 Å². The molecule has 0 aliphatic carbocycles. The molecule has 0 spiro atoms. The number of rotatable bonds is 8. The Labute approximate surface area is 185 Å². The van der Waals surface area contributed by atoms with Crippen LogP contribution in [-0.2, 0) is 32.0 Å². The molecule has 0 unspecified atom stereocenters. The summed E-state index contributed by atoms with van der Waals surface area (Å²) in [5.74, 6) is -0.207. The van der Waals surface area contributed by atoms with E-state index in [-0.39, 0.29) is 22.9 Å². The van der Waals surface area contributed by atoms with Gasteiger partial charge in [-0.2, -0.15) is 4.31 Å². The molecule has 0 radical (unpaired) electrons. The number of hydrogen-bond acceptors (Lipinski definition) is 5. The van der Waals surface area contributed by atoms with Crippen molar-refractivity contribution in [3.63, 3.8) is 0 Å². The summed E-state index contributed by atoms with van der Waals surface area (Å²) in [4.78, 5) is 12.9. The number of hydrogen-bond donors (Lipinski definition) is 0. The van der Waals surface area contributed by atoms with Gasteiger partial charge in [-0.05, 0) is 49.9 Å². The van der Waals surface area contributed by atoms with Gasteiger partial charge in [-0.3, -0.25) is 4.79 Å². The van der Waals surface area contributed by atoms with Crippen molar-refractivity contribution < 1.29 is 21.6 Å². The second-order valence-corrected chi connectivity index (χ2v) is 12.8. The number of benzene rings is 2. The van der Waals surface area contributed by atoms with Crippen LogP contribution in [0, 0.1) is 0 Å². The number of Topliss-reactive ketones (excluding diaryl/α,β-unsaturated/α-hetero) is 1. The molecule has 2 aromatic carbocycles. The fourth-order valence-electron chi connectivity index (χ4n) is 3.54. The first-order valence-electron chi connectivity index (χ1n) is 10.5. The highest BCUT2D eigenvalue weighted by molar-refractivity contribution is 7.91. The maximum absolute atomic E-state index is 12.9. The first-order chi connectivity index (χ1) is 14.6. The van der Waals surface area contributed by atoms with Crippen molar-refractivity contribution in [3.8, 4) is 0 Å². The van der Waals surface area contributed by atoms with Crippen LogP contribution in [0.2, 0.25) is 0 Å². The predicted octanol–water partition coefficient (Wildman–Crippen LogP) is 3.61. The quantitative estimate of drug-likeness (QED) is 0.558. The largest absolute Gasteiger partial charge is 0.294 e. The van der Waals surface area contributed by atoms with E-state index < -0.39 is 25.1 Å². The van der Waals surface area contributed by atoms with Crippen LogP contribution in [0.15, 0.2) is 53.4 Å². The molecule has 1 saturated heterocycles. The molecule has 168 valence electrons. The maximum atomic E-state index is 12.9. The van der Waals surface area contributed by atoms with Gasteiger partial charge in [-0.25, -0.2) is 16.8 Å². The van der Waals surface area contributed by atoms with E-state index in [1.165, 1.54) is 4.31 Å². The normalized spacial score (nSPS) is 15.8. The van der Waals surface area contributed by atoms with Crippen LogP contribution in [0.1, 0.15) is 54.6 Å². The number of sulfone groups is 1. The van der Waals surface area contributed by atoms with Crippen molar-refractivity contribution in [1.82, 2.24) is 4.31 Å². The molecule has 6 nitrogen and oxygen atoms in total. The minimum atomic E-state index is -3.55. The molecule has 0 saturated carbocycles. The van der Waals surface area contributed by atoms with Crippen LogP contribution in [0.4, 0.5) is 0 Å². The van der Waals surface area contributed by atoms with E-state index in [9.17, 15) is 21.6 Å². The van der Waals surface area contributed by atoms with Crippen molar-refractivity contribution in [2.45, 2.75) is 55.4 Å². The minimum Gasteiger partial charge on any atom is -0.294 e. The fourth-order valence-corrected chi connectivity index (χ4v) is 6.12. The van der Waals surface area contributed by atoms with Crippen LogP contribution in [0.5, 0.6) is 0 Å². The van der Waals surface area contributed by atoms with Crippen LogP contribution < -0.4 is 0 Å². The number of piperidine rings is 1. The molecule has 0 bridgehead atoms. The molecular weight excluding hydrogens is 434 g/mol. The smallest absolute Gasteiger partial charge is 0.243 e. The molecule has 0 N–H and O–H groups in total. The number of nitrogens with zero attached hydrogens (tertiary/aromatic N) is 1. The Morgan fingerprint density at radius 2 is 1.55 bits per heavy atom. The number of sulfonamides is 1. The van der Waals surface area contributed by atoms with Crippen molar-refractivity contribution in [1.29, 1.82) is 0 Å². The number of ketones is 1. The molecule has 0 aromatic heterocycles. The molecule has 0 amide bonds. The summed E-state index contributed by atoms with van der Waals surface area (Å²) in [5.41, 5.74) is 1.74. The fraction of sp³-hybridized carbons (Fsp3) is 0.435. The first-order valence-corrected chi connectivity index (χ1v) is 13.7. The van der Waals surface area contributed by atoms with E-state index >= 15 is 0 Å². The van der Waals surface area contributed by atoms with Crippen molar-refractivity contribution in [3.05, 3.63) is 65.2 Å². The highest BCUT2D eigenvalue weighted by Crippen LogP contribution is 2.22. The van der Waals surface area contributed by atoms with E-state index in [4.69, 9.17) is 0 Å². The SMILES string of the molecule is CC(C)S(=O)(=O)Cc1ccc(C(=O)Cc2cccc(S(=O)(=O)N3CCCCC3)c2)cc1. The zero-order valence-corrected chi connectivity index (χ0v) is 19.6. The summed E-state index contributed by atoms with van der Waals surface area (Å²) in [5, 5.41) is -0.456. The first kappa shape index (κ1) is 23.6. The Hall–Kier alpha value is -2.03. The summed E-state index contributed by atoms with van der Waals surface area (Å²) < 4.78 is 51.4. The third-order valence-electron chi connectivity index (χ3n) is 5.58. The Bertz CT molecular complexity index is 1130. The Morgan fingerprint density at radius 1 is 0.903 bits per heavy atom. The van der Waals surface area contributed by atoms with Gasteiger partial charge in [0, 0.05) is 25.1 Å². The summed E-state index contributed by atoms with van der Waals surface area (Å²) in [6.07, 6.45) is 2.85. The van der Waals surface area contributed by atoms with Gasteiger partial charge in [0.05, 0.1) is 15.9 Å².